The Hall–Kier alpha value is -0.860. The average molecular weight is 426 g/mol. The van der Waals surface area contributed by atoms with E-state index in [0.29, 0.717) is 19.5 Å². The number of hydrogen-bond acceptors (Lipinski definition) is 5. The molecule has 1 fully saturated rings. The largest absolute Gasteiger partial charge is 0.443 e. The fraction of sp³-hybridized carbons (Fsp3) is 0.533. The number of carbonyl (C=O) groups is 1. The van der Waals surface area contributed by atoms with E-state index in [2.05, 4.69) is 10.6 Å². The van der Waals surface area contributed by atoms with Gasteiger partial charge in [0.1, 0.15) is 12.8 Å². The van der Waals surface area contributed by atoms with Gasteiger partial charge in [0.05, 0.1) is 6.61 Å². The van der Waals surface area contributed by atoms with Crippen molar-refractivity contribution in [2.75, 3.05) is 31.5 Å². The highest BCUT2D eigenvalue weighted by Gasteiger charge is 2.38. The van der Waals surface area contributed by atoms with Crippen LogP contribution in [-0.2, 0) is 25.3 Å². The second-order valence-electron chi connectivity index (χ2n) is 5.37. The van der Waals surface area contributed by atoms with Crippen molar-refractivity contribution in [1.29, 1.82) is 0 Å². The van der Waals surface area contributed by atoms with Crippen molar-refractivity contribution in [3.63, 3.8) is 0 Å². The zero-order chi connectivity index (χ0) is 18.8. The van der Waals surface area contributed by atoms with Crippen molar-refractivity contribution >= 4 is 37.0 Å². The zero-order valence-corrected chi connectivity index (χ0v) is 16.5. The van der Waals surface area contributed by atoms with E-state index in [1.165, 1.54) is 0 Å². The van der Waals surface area contributed by atoms with E-state index in [-0.39, 0.29) is 25.0 Å². The summed E-state index contributed by atoms with van der Waals surface area (Å²) in [4.78, 5) is 17.0. The minimum atomic E-state index is -3.34. The Morgan fingerprint density at radius 3 is 2.65 bits per heavy atom. The predicted molar refractivity (Wildman–Crippen MR) is 99.0 cm³/mol. The monoisotopic (exact) mass is 425 g/mol. The fourth-order valence-corrected chi connectivity index (χ4v) is 4.93. The maximum Gasteiger partial charge on any atom is 0.431 e. The Morgan fingerprint density at radius 1 is 1.31 bits per heavy atom. The first kappa shape index (κ1) is 21.4. The van der Waals surface area contributed by atoms with Gasteiger partial charge in [0.25, 0.3) is 0 Å². The number of benzene rings is 1. The maximum atomic E-state index is 12.9. The summed E-state index contributed by atoms with van der Waals surface area (Å²) in [6.45, 7) is 1.02. The zero-order valence-electron chi connectivity index (χ0n) is 14.1. The highest BCUT2D eigenvalue weighted by atomic mass is 35.5. The molecule has 1 aliphatic heterocycles. The van der Waals surface area contributed by atoms with E-state index in [1.54, 1.807) is 4.67 Å². The molecule has 0 aromatic heterocycles. The molecule has 0 radical (unpaired) electrons. The van der Waals surface area contributed by atoms with Gasteiger partial charge in [0.2, 0.25) is 0 Å². The molecule has 0 bridgehead atoms. The summed E-state index contributed by atoms with van der Waals surface area (Å²) in [7, 11) is -3.34. The van der Waals surface area contributed by atoms with Crippen molar-refractivity contribution in [3.05, 3.63) is 35.9 Å². The Bertz CT molecular complexity index is 604. The van der Waals surface area contributed by atoms with Crippen molar-refractivity contribution < 1.29 is 23.5 Å². The fourth-order valence-electron chi connectivity index (χ4n) is 2.26. The van der Waals surface area contributed by atoms with E-state index in [9.17, 15) is 9.36 Å². The number of nitrogens with zero attached hydrogens (tertiary/aromatic N) is 1. The van der Waals surface area contributed by atoms with E-state index >= 15 is 0 Å². The molecule has 1 saturated heterocycles. The molecular formula is C15H22Cl2N3O5P. The average Bonchev–Trinajstić information content (AvgIpc) is 2.65. The SMILES string of the molecule is O=C(NOC1CCOP(=O)(N(CCCl)CCCl)N1)OCc1ccccc1. The molecule has 1 aromatic rings. The summed E-state index contributed by atoms with van der Waals surface area (Å²) < 4.78 is 24.9. The minimum absolute atomic E-state index is 0.120. The van der Waals surface area contributed by atoms with Crippen LogP contribution in [0.3, 0.4) is 0 Å². The van der Waals surface area contributed by atoms with Crippen LogP contribution in [0.25, 0.3) is 0 Å². The van der Waals surface area contributed by atoms with Crippen LogP contribution in [0.4, 0.5) is 4.79 Å². The summed E-state index contributed by atoms with van der Waals surface area (Å²) in [5.74, 6) is 0.559. The number of nitrogens with one attached hydrogen (secondary N) is 2. The topological polar surface area (TPSA) is 89.1 Å². The highest BCUT2D eigenvalue weighted by Crippen LogP contribution is 2.49. The van der Waals surface area contributed by atoms with E-state index < -0.39 is 20.0 Å². The molecule has 8 nitrogen and oxygen atoms in total. The molecular weight excluding hydrogens is 404 g/mol. The Kier molecular flexibility index (Phi) is 9.15. The second kappa shape index (κ2) is 11.1. The molecule has 0 spiro atoms. The molecule has 1 heterocycles. The van der Waals surface area contributed by atoms with Crippen LogP contribution in [0.2, 0.25) is 0 Å². The van der Waals surface area contributed by atoms with Gasteiger partial charge in [-0.1, -0.05) is 30.3 Å². The van der Waals surface area contributed by atoms with Crippen molar-refractivity contribution in [2.45, 2.75) is 19.3 Å². The molecule has 1 amide bonds. The van der Waals surface area contributed by atoms with Gasteiger partial charge < -0.3 is 9.26 Å². The first-order chi connectivity index (χ1) is 12.6. The lowest BCUT2D eigenvalue weighted by Crippen LogP contribution is -2.45. The van der Waals surface area contributed by atoms with Crippen molar-refractivity contribution in [3.8, 4) is 0 Å². The number of amides is 1. The Morgan fingerprint density at radius 2 is 2.00 bits per heavy atom. The van der Waals surface area contributed by atoms with Gasteiger partial charge in [0.15, 0.2) is 0 Å². The molecule has 11 heteroatoms. The van der Waals surface area contributed by atoms with E-state index in [0.717, 1.165) is 5.56 Å². The Labute approximate surface area is 162 Å². The number of halogens is 2. The molecule has 146 valence electrons. The molecule has 1 aromatic carbocycles. The lowest BCUT2D eigenvalue weighted by Gasteiger charge is -2.36. The van der Waals surface area contributed by atoms with Gasteiger partial charge in [-0.25, -0.2) is 14.6 Å². The molecule has 2 unspecified atom stereocenters. The number of alkyl halides is 2. The van der Waals surface area contributed by atoms with Crippen LogP contribution >= 0.6 is 30.9 Å². The maximum absolute atomic E-state index is 12.9. The molecule has 0 saturated carbocycles. The van der Waals surface area contributed by atoms with Gasteiger partial charge in [-0.05, 0) is 5.56 Å². The molecule has 2 N–H and O–H groups in total. The minimum Gasteiger partial charge on any atom is -0.443 e. The lowest BCUT2D eigenvalue weighted by atomic mass is 10.2. The number of carbonyl (C=O) groups excluding carboxylic acids is 1. The van der Waals surface area contributed by atoms with Gasteiger partial charge in [-0.3, -0.25) is 9.40 Å². The standard InChI is InChI=1S/C15H22Cl2N3O5P/c16-7-9-20(10-8-17)26(22)19-14(6-11-24-26)25-18-15(21)23-12-13-4-2-1-3-5-13/h1-5,14H,6-12H2,(H,18,21)(H,19,22). The predicted octanol–water partition coefficient (Wildman–Crippen LogP) is 3.07. The van der Waals surface area contributed by atoms with Gasteiger partial charge in [-0.15, -0.1) is 23.2 Å². The van der Waals surface area contributed by atoms with E-state index in [1.807, 2.05) is 30.3 Å². The molecule has 1 aliphatic rings. The third-order valence-corrected chi connectivity index (χ3v) is 6.14. The Balaban J connectivity index is 1.80. The molecule has 26 heavy (non-hydrogen) atoms. The normalized spacial score (nSPS) is 23.0. The van der Waals surface area contributed by atoms with Crippen LogP contribution in [0, 0.1) is 0 Å². The lowest BCUT2D eigenvalue weighted by molar-refractivity contribution is -0.0495. The van der Waals surface area contributed by atoms with Crippen molar-refractivity contribution in [1.82, 2.24) is 15.2 Å². The smallest absolute Gasteiger partial charge is 0.431 e. The van der Waals surface area contributed by atoms with Crippen LogP contribution in [0.15, 0.2) is 30.3 Å². The third kappa shape index (κ3) is 6.70. The summed E-state index contributed by atoms with van der Waals surface area (Å²) >= 11 is 11.5. The first-order valence-corrected chi connectivity index (χ1v) is 10.7. The van der Waals surface area contributed by atoms with E-state index in [4.69, 9.17) is 37.3 Å². The van der Waals surface area contributed by atoms with Crippen LogP contribution < -0.4 is 10.6 Å². The van der Waals surface area contributed by atoms with Gasteiger partial charge >= 0.3 is 13.8 Å². The van der Waals surface area contributed by atoms with Crippen LogP contribution in [0.5, 0.6) is 0 Å². The summed E-state index contributed by atoms with van der Waals surface area (Å²) in [5.41, 5.74) is 3.05. The second-order valence-corrected chi connectivity index (χ2v) is 8.25. The summed E-state index contributed by atoms with van der Waals surface area (Å²) in [5, 5.41) is 2.78. The van der Waals surface area contributed by atoms with Crippen LogP contribution in [-0.4, -0.2) is 48.4 Å². The number of rotatable bonds is 9. The number of ether oxygens (including phenoxy) is 1. The number of hydroxylamine groups is 1. The molecule has 2 rings (SSSR count). The third-order valence-electron chi connectivity index (χ3n) is 3.51. The molecule has 0 aliphatic carbocycles. The molecule has 2 atom stereocenters. The van der Waals surface area contributed by atoms with Crippen LogP contribution in [0.1, 0.15) is 12.0 Å². The summed E-state index contributed by atoms with van der Waals surface area (Å²) in [6, 6.07) is 9.26. The quantitative estimate of drug-likeness (QED) is 0.357. The van der Waals surface area contributed by atoms with Crippen molar-refractivity contribution in [2.24, 2.45) is 0 Å². The van der Waals surface area contributed by atoms with Gasteiger partial charge in [-0.2, -0.15) is 5.48 Å². The first-order valence-electron chi connectivity index (χ1n) is 8.09. The summed E-state index contributed by atoms with van der Waals surface area (Å²) in [6.07, 6.45) is -1.03. The number of hydrogen-bond donors (Lipinski definition) is 2. The highest BCUT2D eigenvalue weighted by molar-refractivity contribution is 7.54. The van der Waals surface area contributed by atoms with Gasteiger partial charge in [0, 0.05) is 31.3 Å².